The second-order valence-electron chi connectivity index (χ2n) is 30.6. The number of rotatable bonds is 20. The molecule has 658 valence electrons. The van der Waals surface area contributed by atoms with Crippen LogP contribution in [0.25, 0.3) is 22.7 Å². The van der Waals surface area contributed by atoms with Crippen molar-refractivity contribution < 1.29 is 55.6 Å². The number of ether oxygens (including phenoxy) is 5. The highest BCUT2D eigenvalue weighted by Gasteiger charge is 2.31. The van der Waals surface area contributed by atoms with E-state index in [1.807, 2.05) is 203 Å². The number of aromatic nitrogens is 12. The Hall–Kier alpha value is -16.2. The van der Waals surface area contributed by atoms with Crippen LogP contribution in [0.3, 0.4) is 0 Å². The molecule has 0 N–H and O–H groups in total. The van der Waals surface area contributed by atoms with Crippen LogP contribution in [0.1, 0.15) is 81.2 Å². The predicted molar refractivity (Wildman–Crippen MR) is 487 cm³/mol. The van der Waals surface area contributed by atoms with Gasteiger partial charge in [0.1, 0.15) is 102 Å². The fourth-order valence-electron chi connectivity index (χ4n) is 14.5. The topological polar surface area (TPSA) is 239 Å². The molecule has 0 unspecified atom stereocenters. The summed E-state index contributed by atoms with van der Waals surface area (Å²) in [5, 5.41) is 0. The van der Waals surface area contributed by atoms with Crippen molar-refractivity contribution in [3.05, 3.63) is 422 Å². The summed E-state index contributed by atoms with van der Waals surface area (Å²) in [7, 11) is 0. The third-order valence-corrected chi connectivity index (χ3v) is 21.2. The molecule has 10 heterocycles. The van der Waals surface area contributed by atoms with E-state index in [0.717, 1.165) is 75.5 Å². The number of nitrogens with zero attached hydrogens (tertiary/aromatic N) is 15. The Bertz CT molecular complexity index is 6970. The molecule has 0 saturated carbocycles. The number of halogens is 4. The maximum Gasteiger partial charge on any atom is 0.338 e. The Morgan fingerprint density at radius 1 is 0.300 bits per heavy atom. The first kappa shape index (κ1) is 88.7. The van der Waals surface area contributed by atoms with E-state index in [0.29, 0.717) is 114 Å². The van der Waals surface area contributed by atoms with Crippen LogP contribution in [-0.4, -0.2) is 94.3 Å². The number of hydrogen-bond acceptors (Lipinski definition) is 15. The Balaban J connectivity index is 0.000000124. The van der Waals surface area contributed by atoms with Crippen LogP contribution in [0, 0.1) is 57.9 Å². The lowest BCUT2D eigenvalue weighted by Crippen LogP contribution is -2.41. The SMILES string of the molecule is C.Cc1cc(-n2ccc3nc(COc4ccccc4)cn3c2=O)ccc1F.Cc1cc(N2CCc3nc(COc4ccccc4)cn3C2=O)ccc1F.Cc1ccc(-n2cc(F)c3nc(COc4ccccc4)cn3c2=O)cc1.Cc1ccc(N2CCc3nc(COc4cccc(F)c4)cn3C2=O)cc1.Cc1ccc(N2CCc3nc(COc4ccccc4)cn3C2=O)cc1. The lowest BCUT2D eigenvalue weighted by molar-refractivity contribution is 0.244. The Morgan fingerprint density at radius 3 is 1.06 bits per heavy atom. The average molecular weight is 1750 g/mol. The minimum absolute atomic E-state index is 0. The van der Waals surface area contributed by atoms with E-state index < -0.39 is 5.82 Å². The minimum Gasteiger partial charge on any atom is -0.487 e. The summed E-state index contributed by atoms with van der Waals surface area (Å²) in [4.78, 5) is 91.2. The zero-order valence-electron chi connectivity index (χ0n) is 70.9. The van der Waals surface area contributed by atoms with Crippen molar-refractivity contribution in [2.75, 3.05) is 34.3 Å². The molecule has 3 aliphatic rings. The first-order valence-electron chi connectivity index (χ1n) is 41.5. The van der Waals surface area contributed by atoms with Crippen LogP contribution < -0.4 is 49.8 Å². The summed E-state index contributed by atoms with van der Waals surface area (Å²) < 4.78 is 93.1. The van der Waals surface area contributed by atoms with Gasteiger partial charge in [-0.15, -0.1) is 0 Å². The van der Waals surface area contributed by atoms with Crippen molar-refractivity contribution >= 4 is 46.4 Å². The second kappa shape index (κ2) is 40.4. The molecule has 130 heavy (non-hydrogen) atoms. The molecule has 0 atom stereocenters. The van der Waals surface area contributed by atoms with Crippen LogP contribution in [0.5, 0.6) is 28.7 Å². The molecule has 3 amide bonds. The molecule has 0 radical (unpaired) electrons. The molecule has 10 aromatic carbocycles. The van der Waals surface area contributed by atoms with E-state index in [2.05, 4.69) is 24.9 Å². The van der Waals surface area contributed by atoms with Crippen molar-refractivity contribution in [1.29, 1.82) is 0 Å². The molecular formula is C101H91F4N15O10. The molecule has 0 fully saturated rings. The summed E-state index contributed by atoms with van der Waals surface area (Å²) in [6, 6.07) is 77.5. The molecule has 0 saturated heterocycles. The van der Waals surface area contributed by atoms with Crippen molar-refractivity contribution in [2.45, 2.75) is 94.3 Å². The van der Waals surface area contributed by atoms with Gasteiger partial charge in [0.05, 0.1) is 46.0 Å². The van der Waals surface area contributed by atoms with Gasteiger partial charge in [0.15, 0.2) is 11.5 Å². The fourth-order valence-corrected chi connectivity index (χ4v) is 14.5. The third-order valence-electron chi connectivity index (χ3n) is 21.2. The standard InChI is InChI=1S/C20H18FN3O2.C20H16FN3O2.C20H18FN3O2.C20H16FN3O2.C20H19N3O2.CH4/c1-14-5-7-17(8-6-14)23-10-9-19-22-16(12-24(19)20(23)25)13-26-18-4-2-3-15(21)11-18;1-14-7-9-16(10-8-14)23-12-18(21)19-22-15(11-24(19)20(23)25)13-26-17-5-3-2-4-6-17;2*1-14-11-16(7-8-18(14)21)23-10-9-19-22-15(12-24(19)20(23)25)13-26-17-5-3-2-4-6-17;1-15-7-9-17(10-8-15)22-12-11-19-21-16(13-23(19)20(22)24)14-25-18-5-3-2-4-6-18;/h2-8,11-12H,9-10,13H2,1H3;2-12H,13H2,1H3;2-8,11-12H,9-10,13H2,1H3;2-12H,13H2,1H3;2-10,13H,11-12,14H2,1H3;1H4. The summed E-state index contributed by atoms with van der Waals surface area (Å²) >= 11 is 0. The van der Waals surface area contributed by atoms with Crippen molar-refractivity contribution in [2.24, 2.45) is 0 Å². The molecule has 0 bridgehead atoms. The first-order chi connectivity index (χ1) is 62.6. The number of carbonyl (C=O) groups is 3. The number of aryl methyl sites for hydroxylation is 5. The second-order valence-corrected chi connectivity index (χ2v) is 30.6. The quantitative estimate of drug-likeness (QED) is 0.0645. The van der Waals surface area contributed by atoms with Crippen LogP contribution >= 0.6 is 0 Å². The maximum absolute atomic E-state index is 14.5. The largest absolute Gasteiger partial charge is 0.487 e. The van der Waals surface area contributed by atoms with Gasteiger partial charge in [0.2, 0.25) is 0 Å². The van der Waals surface area contributed by atoms with E-state index in [1.54, 1.807) is 128 Å². The van der Waals surface area contributed by atoms with E-state index in [4.69, 9.17) is 23.7 Å². The third kappa shape index (κ3) is 21.1. The molecule has 0 aliphatic carbocycles. The van der Waals surface area contributed by atoms with Gasteiger partial charge in [-0.05, 0) is 185 Å². The minimum atomic E-state index is -0.573. The number of anilines is 3. The molecule has 7 aromatic heterocycles. The van der Waals surface area contributed by atoms with Crippen LogP contribution in [0.2, 0.25) is 0 Å². The van der Waals surface area contributed by atoms with Crippen molar-refractivity contribution in [3.8, 4) is 40.1 Å². The van der Waals surface area contributed by atoms with E-state index in [1.165, 1.54) is 54.0 Å². The monoisotopic (exact) mass is 1750 g/mol. The highest BCUT2D eigenvalue weighted by molar-refractivity contribution is 5.96. The van der Waals surface area contributed by atoms with Gasteiger partial charge in [0, 0.05) is 99.2 Å². The normalized spacial score (nSPS) is 12.5. The van der Waals surface area contributed by atoms with Gasteiger partial charge in [0.25, 0.3) is 0 Å². The van der Waals surface area contributed by atoms with Gasteiger partial charge in [-0.1, -0.05) is 139 Å². The molecule has 0 spiro atoms. The lowest BCUT2D eigenvalue weighted by Gasteiger charge is -2.27. The van der Waals surface area contributed by atoms with Crippen LogP contribution in [-0.2, 0) is 52.3 Å². The molecular weight excluding hydrogens is 1660 g/mol. The maximum atomic E-state index is 14.5. The van der Waals surface area contributed by atoms with Crippen LogP contribution in [0.15, 0.2) is 314 Å². The average Bonchev–Trinajstić information content (AvgIpc) is 1.44. The zero-order chi connectivity index (χ0) is 89.6. The molecule has 29 heteroatoms. The highest BCUT2D eigenvalue weighted by atomic mass is 19.1. The number of carbonyl (C=O) groups excluding carboxylic acids is 3. The molecule has 25 nitrogen and oxygen atoms in total. The van der Waals surface area contributed by atoms with Gasteiger partial charge in [-0.25, -0.2) is 70.9 Å². The van der Waals surface area contributed by atoms with Gasteiger partial charge < -0.3 is 23.7 Å². The van der Waals surface area contributed by atoms with E-state index in [-0.39, 0.29) is 79.8 Å². The van der Waals surface area contributed by atoms with E-state index in [9.17, 15) is 41.5 Å². The Morgan fingerprint density at radius 2 is 0.646 bits per heavy atom. The van der Waals surface area contributed by atoms with Gasteiger partial charge in [-0.2, -0.15) is 0 Å². The summed E-state index contributed by atoms with van der Waals surface area (Å²) in [6.45, 7) is 12.3. The summed E-state index contributed by atoms with van der Waals surface area (Å²) in [5.41, 5.74) is 11.2. The van der Waals surface area contributed by atoms with Crippen molar-refractivity contribution in [1.82, 2.24) is 56.6 Å². The van der Waals surface area contributed by atoms with E-state index >= 15 is 0 Å². The zero-order valence-corrected chi connectivity index (χ0v) is 70.9. The first-order valence-corrected chi connectivity index (χ1v) is 41.5. The Labute approximate surface area is 745 Å². The fraction of sp³-hybridized carbons (Fsp3) is 0.168. The highest BCUT2D eigenvalue weighted by Crippen LogP contribution is 2.29. The molecule has 20 rings (SSSR count). The predicted octanol–water partition coefficient (Wildman–Crippen LogP) is 19.3. The van der Waals surface area contributed by atoms with Crippen LogP contribution in [0.4, 0.5) is 49.0 Å². The van der Waals surface area contributed by atoms with Gasteiger partial charge >= 0.3 is 29.5 Å². The number of benzene rings is 10. The van der Waals surface area contributed by atoms with Gasteiger partial charge in [-0.3, -0.25) is 41.9 Å². The number of hydrogen-bond donors (Lipinski definition) is 0. The van der Waals surface area contributed by atoms with Crippen molar-refractivity contribution in [3.63, 3.8) is 0 Å². The molecule has 3 aliphatic heterocycles. The number of imidazole rings is 5. The number of para-hydroxylation sites is 4. The lowest BCUT2D eigenvalue weighted by atomic mass is 10.2. The Kier molecular flexibility index (Phi) is 27.6. The number of fused-ring (bicyclic) bond motifs is 5. The summed E-state index contributed by atoms with van der Waals surface area (Å²) in [6.07, 6.45) is 13.2. The molecule has 17 aromatic rings. The number of amides is 3. The summed E-state index contributed by atoms with van der Waals surface area (Å²) in [5.74, 6) is 4.14. The smallest absolute Gasteiger partial charge is 0.338 e.